The highest BCUT2D eigenvalue weighted by Crippen LogP contribution is 2.41. The first-order chi connectivity index (χ1) is 15.1. The summed E-state index contributed by atoms with van der Waals surface area (Å²) < 4.78 is 0.851. The van der Waals surface area contributed by atoms with Gasteiger partial charge in [-0.3, -0.25) is 4.79 Å². The molecule has 1 aromatic heterocycles. The maximum absolute atomic E-state index is 13.6. The van der Waals surface area contributed by atoms with E-state index < -0.39 is 0 Å². The Kier molecular flexibility index (Phi) is 5.10. The average molecular weight is 431 g/mol. The van der Waals surface area contributed by atoms with Crippen LogP contribution in [-0.4, -0.2) is 42.2 Å². The van der Waals surface area contributed by atoms with Gasteiger partial charge in [-0.1, -0.05) is 0 Å². The molecule has 4 aromatic rings. The summed E-state index contributed by atoms with van der Waals surface area (Å²) in [6.07, 6.45) is 0. The summed E-state index contributed by atoms with van der Waals surface area (Å²) in [4.78, 5) is 16.8. The number of nitrogens with zero attached hydrogens (tertiary/aromatic N) is 1. The predicted molar refractivity (Wildman–Crippen MR) is 126 cm³/mol. The van der Waals surface area contributed by atoms with Gasteiger partial charge in [0.2, 0.25) is 0 Å². The third kappa shape index (κ3) is 3.76. The van der Waals surface area contributed by atoms with Crippen LogP contribution in [0.5, 0.6) is 11.5 Å². The summed E-state index contributed by atoms with van der Waals surface area (Å²) in [5.74, 6) is 0.302. The molecule has 1 aliphatic heterocycles. The molecule has 0 saturated carbocycles. The Bertz CT molecular complexity index is 1240. The molecule has 0 bridgehead atoms. The minimum Gasteiger partial charge on any atom is -0.508 e. The Labute approximate surface area is 184 Å². The van der Waals surface area contributed by atoms with Crippen LogP contribution in [0.15, 0.2) is 66.7 Å². The van der Waals surface area contributed by atoms with Crippen LogP contribution >= 0.6 is 11.3 Å². The minimum atomic E-state index is -0.0492. The second-order valence-corrected chi connectivity index (χ2v) is 8.70. The van der Waals surface area contributed by atoms with E-state index in [0.29, 0.717) is 11.1 Å². The highest BCUT2D eigenvalue weighted by molar-refractivity contribution is 7.22. The van der Waals surface area contributed by atoms with E-state index in [2.05, 4.69) is 10.2 Å². The van der Waals surface area contributed by atoms with Crippen molar-refractivity contribution in [3.05, 3.63) is 77.9 Å². The van der Waals surface area contributed by atoms with Crippen LogP contribution in [0.4, 0.5) is 5.69 Å². The number of piperazine rings is 1. The van der Waals surface area contributed by atoms with Gasteiger partial charge in [0.15, 0.2) is 5.78 Å². The Morgan fingerprint density at radius 3 is 2.26 bits per heavy atom. The summed E-state index contributed by atoms with van der Waals surface area (Å²) in [5.41, 5.74) is 3.24. The number of thiophene rings is 1. The fourth-order valence-corrected chi connectivity index (χ4v) is 5.26. The van der Waals surface area contributed by atoms with Gasteiger partial charge in [0.25, 0.3) is 0 Å². The normalized spacial score (nSPS) is 14.1. The first kappa shape index (κ1) is 19.6. The maximum Gasteiger partial charge on any atom is 0.195 e. The van der Waals surface area contributed by atoms with Crippen molar-refractivity contribution in [2.75, 3.05) is 31.1 Å². The van der Waals surface area contributed by atoms with Gasteiger partial charge in [0.1, 0.15) is 11.5 Å². The lowest BCUT2D eigenvalue weighted by molar-refractivity contribution is 0.104. The topological polar surface area (TPSA) is 72.8 Å². The quantitative estimate of drug-likeness (QED) is 0.412. The van der Waals surface area contributed by atoms with Crippen LogP contribution in [0.3, 0.4) is 0 Å². The molecule has 1 saturated heterocycles. The smallest absolute Gasteiger partial charge is 0.195 e. The zero-order chi connectivity index (χ0) is 21.4. The van der Waals surface area contributed by atoms with Gasteiger partial charge in [-0.05, 0) is 72.3 Å². The fraction of sp³-hybridized carbons (Fsp3) is 0.160. The van der Waals surface area contributed by atoms with Crippen molar-refractivity contribution in [3.8, 4) is 21.9 Å². The Morgan fingerprint density at radius 2 is 1.55 bits per heavy atom. The van der Waals surface area contributed by atoms with Crippen LogP contribution in [0, 0.1) is 0 Å². The molecule has 0 atom stereocenters. The van der Waals surface area contributed by atoms with Crippen molar-refractivity contribution >= 4 is 32.9 Å². The van der Waals surface area contributed by atoms with Crippen LogP contribution in [0.25, 0.3) is 20.5 Å². The second-order valence-electron chi connectivity index (χ2n) is 7.65. The fourth-order valence-electron chi connectivity index (χ4n) is 4.02. The van der Waals surface area contributed by atoms with Gasteiger partial charge in [-0.15, -0.1) is 11.3 Å². The standard InChI is InChI=1S/C25H22N2O3S/c28-19-7-3-17(4-8-19)25-23(21-10-9-20(29)15-22(21)31-25)24(30)16-1-5-18(6-2-16)27-13-11-26-12-14-27/h1-10,15,26,28-29H,11-14H2. The largest absolute Gasteiger partial charge is 0.508 e. The van der Waals surface area contributed by atoms with Gasteiger partial charge in [-0.25, -0.2) is 0 Å². The molecule has 1 fully saturated rings. The molecule has 5 rings (SSSR count). The summed E-state index contributed by atoms with van der Waals surface area (Å²) >= 11 is 1.47. The van der Waals surface area contributed by atoms with E-state index in [1.807, 2.05) is 36.4 Å². The first-order valence-corrected chi connectivity index (χ1v) is 11.1. The molecule has 6 heteroatoms. The van der Waals surface area contributed by atoms with Gasteiger partial charge in [0, 0.05) is 58.0 Å². The Morgan fingerprint density at radius 1 is 0.871 bits per heavy atom. The van der Waals surface area contributed by atoms with Crippen molar-refractivity contribution in [3.63, 3.8) is 0 Å². The molecule has 0 spiro atoms. The number of benzene rings is 3. The number of hydrogen-bond donors (Lipinski definition) is 3. The van der Waals surface area contributed by atoms with E-state index >= 15 is 0 Å². The molecule has 0 unspecified atom stereocenters. The van der Waals surface area contributed by atoms with E-state index in [4.69, 9.17) is 0 Å². The molecular formula is C25H22N2O3S. The number of carbonyl (C=O) groups is 1. The molecular weight excluding hydrogens is 408 g/mol. The van der Waals surface area contributed by atoms with E-state index in [1.54, 1.807) is 30.3 Å². The van der Waals surface area contributed by atoms with E-state index in [9.17, 15) is 15.0 Å². The van der Waals surface area contributed by atoms with Crippen LogP contribution in [0.2, 0.25) is 0 Å². The van der Waals surface area contributed by atoms with Gasteiger partial charge in [-0.2, -0.15) is 0 Å². The van der Waals surface area contributed by atoms with Crippen LogP contribution in [-0.2, 0) is 0 Å². The van der Waals surface area contributed by atoms with Crippen molar-refractivity contribution in [1.29, 1.82) is 0 Å². The molecule has 156 valence electrons. The molecule has 1 aliphatic rings. The van der Waals surface area contributed by atoms with Gasteiger partial charge in [0.05, 0.1) is 0 Å². The molecule has 31 heavy (non-hydrogen) atoms. The monoisotopic (exact) mass is 430 g/mol. The highest BCUT2D eigenvalue weighted by Gasteiger charge is 2.22. The number of rotatable bonds is 4. The molecule has 3 N–H and O–H groups in total. The second kappa shape index (κ2) is 8.06. The number of anilines is 1. The van der Waals surface area contributed by atoms with Crippen molar-refractivity contribution in [2.24, 2.45) is 0 Å². The molecule has 0 radical (unpaired) electrons. The maximum atomic E-state index is 13.6. The van der Waals surface area contributed by atoms with Crippen molar-refractivity contribution < 1.29 is 15.0 Å². The molecule has 2 heterocycles. The first-order valence-electron chi connectivity index (χ1n) is 10.3. The highest BCUT2D eigenvalue weighted by atomic mass is 32.1. The molecule has 0 amide bonds. The van der Waals surface area contributed by atoms with Crippen LogP contribution < -0.4 is 10.2 Å². The number of fused-ring (bicyclic) bond motifs is 1. The van der Waals surface area contributed by atoms with Gasteiger partial charge < -0.3 is 20.4 Å². The zero-order valence-corrected chi connectivity index (χ0v) is 17.7. The lowest BCUT2D eigenvalue weighted by Gasteiger charge is -2.29. The molecule has 3 aromatic carbocycles. The number of carbonyl (C=O) groups excluding carboxylic acids is 1. The van der Waals surface area contributed by atoms with E-state index in [1.165, 1.54) is 11.3 Å². The summed E-state index contributed by atoms with van der Waals surface area (Å²) in [6, 6.07) is 19.8. The minimum absolute atomic E-state index is 0.0492. The van der Waals surface area contributed by atoms with E-state index in [0.717, 1.165) is 52.4 Å². The lowest BCUT2D eigenvalue weighted by Crippen LogP contribution is -2.43. The number of aromatic hydroxyl groups is 2. The summed E-state index contributed by atoms with van der Waals surface area (Å²) in [5, 5.41) is 23.8. The van der Waals surface area contributed by atoms with E-state index in [-0.39, 0.29) is 17.3 Å². The van der Waals surface area contributed by atoms with Gasteiger partial charge >= 0.3 is 0 Å². The predicted octanol–water partition coefficient (Wildman–Crippen LogP) is 4.62. The van der Waals surface area contributed by atoms with Crippen LogP contribution in [0.1, 0.15) is 15.9 Å². The zero-order valence-electron chi connectivity index (χ0n) is 16.8. The summed E-state index contributed by atoms with van der Waals surface area (Å²) in [6.45, 7) is 3.84. The van der Waals surface area contributed by atoms with Crippen molar-refractivity contribution in [2.45, 2.75) is 0 Å². The average Bonchev–Trinajstić information content (AvgIpc) is 3.18. The third-order valence-electron chi connectivity index (χ3n) is 5.64. The Hall–Kier alpha value is -3.35. The molecule has 0 aliphatic carbocycles. The van der Waals surface area contributed by atoms with Crippen molar-refractivity contribution in [1.82, 2.24) is 5.32 Å². The number of phenolic OH excluding ortho intramolecular Hbond substituents is 2. The molecule has 5 nitrogen and oxygen atoms in total. The summed E-state index contributed by atoms with van der Waals surface area (Å²) in [7, 11) is 0. The lowest BCUT2D eigenvalue weighted by atomic mass is 9.97. The number of nitrogens with one attached hydrogen (secondary N) is 1. The third-order valence-corrected chi connectivity index (χ3v) is 6.84. The Balaban J connectivity index is 1.57. The number of ketones is 1. The SMILES string of the molecule is O=C(c1ccc(N2CCNCC2)cc1)c1c(-c2ccc(O)cc2)sc2cc(O)ccc12. The number of phenols is 2. The number of hydrogen-bond acceptors (Lipinski definition) is 6.